The molecule has 0 aliphatic rings. The summed E-state index contributed by atoms with van der Waals surface area (Å²) in [5.41, 5.74) is 6.91. The first-order chi connectivity index (χ1) is 6.99. The fourth-order valence-electron chi connectivity index (χ4n) is 1.52. The molecule has 3 nitrogen and oxygen atoms in total. The molecular formula is C11H18FN3. The molecule has 0 fully saturated rings. The quantitative estimate of drug-likeness (QED) is 0.746. The molecule has 0 heterocycles. The third-order valence-electron chi connectivity index (χ3n) is 2.05. The number of nitrogens with two attached hydrogens (primary N) is 1. The van der Waals surface area contributed by atoms with Gasteiger partial charge in [0.15, 0.2) is 0 Å². The first kappa shape index (κ1) is 11.8. The van der Waals surface area contributed by atoms with E-state index >= 15 is 0 Å². The Morgan fingerprint density at radius 2 is 2.13 bits per heavy atom. The number of halogens is 1. The van der Waals surface area contributed by atoms with Crippen LogP contribution >= 0.6 is 0 Å². The van der Waals surface area contributed by atoms with E-state index in [1.807, 2.05) is 14.1 Å². The van der Waals surface area contributed by atoms with E-state index in [4.69, 9.17) is 5.73 Å². The van der Waals surface area contributed by atoms with Gasteiger partial charge in [0.2, 0.25) is 0 Å². The number of rotatable bonds is 4. The minimum absolute atomic E-state index is 0.271. The number of hydrogen-bond acceptors (Lipinski definition) is 3. The molecule has 0 spiro atoms. The maximum atomic E-state index is 12.8. The number of benzene rings is 1. The predicted octanol–water partition coefficient (Wildman–Crippen LogP) is 1.77. The van der Waals surface area contributed by atoms with Gasteiger partial charge in [0.1, 0.15) is 5.82 Å². The smallest absolute Gasteiger partial charge is 0.125 e. The molecule has 4 heteroatoms. The van der Waals surface area contributed by atoms with Crippen molar-refractivity contribution in [3.8, 4) is 0 Å². The normalized spacial score (nSPS) is 12.9. The molecule has 0 aromatic heterocycles. The van der Waals surface area contributed by atoms with Gasteiger partial charge in [-0.1, -0.05) is 0 Å². The van der Waals surface area contributed by atoms with Crippen LogP contribution in [0, 0.1) is 5.82 Å². The van der Waals surface area contributed by atoms with E-state index in [1.165, 1.54) is 12.1 Å². The highest BCUT2D eigenvalue weighted by Gasteiger charge is 2.06. The average Bonchev–Trinajstić information content (AvgIpc) is 2.08. The van der Waals surface area contributed by atoms with E-state index in [9.17, 15) is 4.39 Å². The molecule has 1 atom stereocenters. The number of nitrogens with zero attached hydrogens (tertiary/aromatic N) is 1. The molecule has 0 aliphatic heterocycles. The van der Waals surface area contributed by atoms with Crippen molar-refractivity contribution in [2.45, 2.75) is 13.0 Å². The van der Waals surface area contributed by atoms with Crippen LogP contribution in [0.25, 0.3) is 0 Å². The lowest BCUT2D eigenvalue weighted by molar-refractivity contribution is 0.392. The van der Waals surface area contributed by atoms with Crippen LogP contribution in [0.4, 0.5) is 15.8 Å². The van der Waals surface area contributed by atoms with Crippen molar-refractivity contribution in [1.29, 1.82) is 0 Å². The van der Waals surface area contributed by atoms with Gasteiger partial charge < -0.3 is 16.0 Å². The van der Waals surface area contributed by atoms with Gasteiger partial charge in [-0.3, -0.25) is 0 Å². The number of likely N-dealkylation sites (N-methyl/N-ethyl adjacent to an activating group) is 1. The summed E-state index contributed by atoms with van der Waals surface area (Å²) in [6.45, 7) is 2.96. The fraction of sp³-hybridized carbons (Fsp3) is 0.455. The lowest BCUT2D eigenvalue weighted by Gasteiger charge is -2.20. The molecule has 84 valence electrons. The summed E-state index contributed by atoms with van der Waals surface area (Å²) in [4.78, 5) is 2.08. The molecule has 1 rings (SSSR count). The number of hydrogen-bond donors (Lipinski definition) is 2. The maximum absolute atomic E-state index is 12.8. The first-order valence-corrected chi connectivity index (χ1v) is 4.95. The van der Waals surface area contributed by atoms with Crippen molar-refractivity contribution in [2.24, 2.45) is 0 Å². The highest BCUT2D eigenvalue weighted by Crippen LogP contribution is 2.19. The van der Waals surface area contributed by atoms with Gasteiger partial charge in [-0.2, -0.15) is 0 Å². The largest absolute Gasteiger partial charge is 0.397 e. The Bertz CT molecular complexity index is 326. The summed E-state index contributed by atoms with van der Waals surface area (Å²) < 4.78 is 12.8. The van der Waals surface area contributed by atoms with E-state index in [-0.39, 0.29) is 11.9 Å². The van der Waals surface area contributed by atoms with Gasteiger partial charge in [0.25, 0.3) is 0 Å². The van der Waals surface area contributed by atoms with E-state index in [1.54, 1.807) is 6.07 Å². The maximum Gasteiger partial charge on any atom is 0.125 e. The Kier molecular flexibility index (Phi) is 3.91. The SMILES string of the molecule is CC(CN(C)C)Nc1ccc(F)cc1N. The van der Waals surface area contributed by atoms with Crippen molar-refractivity contribution >= 4 is 11.4 Å². The molecule has 0 radical (unpaired) electrons. The first-order valence-electron chi connectivity index (χ1n) is 4.95. The Morgan fingerprint density at radius 1 is 1.47 bits per heavy atom. The van der Waals surface area contributed by atoms with Gasteiger partial charge in [-0.25, -0.2) is 4.39 Å². The van der Waals surface area contributed by atoms with Crippen LogP contribution in [-0.2, 0) is 0 Å². The molecular weight excluding hydrogens is 193 g/mol. The molecule has 1 aromatic rings. The van der Waals surface area contributed by atoms with Crippen LogP contribution in [0.5, 0.6) is 0 Å². The molecule has 15 heavy (non-hydrogen) atoms. The Labute approximate surface area is 90.1 Å². The molecule has 0 bridgehead atoms. The molecule has 3 N–H and O–H groups in total. The Morgan fingerprint density at radius 3 is 2.67 bits per heavy atom. The summed E-state index contributed by atoms with van der Waals surface area (Å²) >= 11 is 0. The Hall–Kier alpha value is -1.29. The standard InChI is InChI=1S/C11H18FN3/c1-8(7-15(2)3)14-11-5-4-9(12)6-10(11)13/h4-6,8,14H,7,13H2,1-3H3. The lowest BCUT2D eigenvalue weighted by atomic mass is 10.2. The highest BCUT2D eigenvalue weighted by atomic mass is 19.1. The minimum atomic E-state index is -0.307. The number of nitrogen functional groups attached to an aromatic ring is 1. The van der Waals surface area contributed by atoms with Gasteiger partial charge in [0.05, 0.1) is 11.4 Å². The van der Waals surface area contributed by atoms with Crippen molar-refractivity contribution in [3.05, 3.63) is 24.0 Å². The topological polar surface area (TPSA) is 41.3 Å². The fourth-order valence-corrected chi connectivity index (χ4v) is 1.52. The van der Waals surface area contributed by atoms with Crippen LogP contribution in [0.3, 0.4) is 0 Å². The monoisotopic (exact) mass is 211 g/mol. The second-order valence-electron chi connectivity index (χ2n) is 4.04. The number of nitrogens with one attached hydrogen (secondary N) is 1. The lowest BCUT2D eigenvalue weighted by Crippen LogP contribution is -2.29. The number of anilines is 2. The van der Waals surface area contributed by atoms with Gasteiger partial charge in [-0.15, -0.1) is 0 Å². The van der Waals surface area contributed by atoms with Crippen molar-refractivity contribution < 1.29 is 4.39 Å². The molecule has 1 aromatic carbocycles. The molecule has 0 saturated carbocycles. The van der Waals surface area contributed by atoms with Crippen LogP contribution in [-0.4, -0.2) is 31.6 Å². The van der Waals surface area contributed by atoms with Crippen molar-refractivity contribution in [1.82, 2.24) is 4.90 Å². The second-order valence-corrected chi connectivity index (χ2v) is 4.04. The van der Waals surface area contributed by atoms with Gasteiger partial charge >= 0.3 is 0 Å². The summed E-state index contributed by atoms with van der Waals surface area (Å²) in [7, 11) is 4.01. The zero-order chi connectivity index (χ0) is 11.4. The van der Waals surface area contributed by atoms with Gasteiger partial charge in [-0.05, 0) is 39.2 Å². The zero-order valence-electron chi connectivity index (χ0n) is 9.42. The molecule has 0 saturated heterocycles. The van der Waals surface area contributed by atoms with Crippen LogP contribution in [0.1, 0.15) is 6.92 Å². The van der Waals surface area contributed by atoms with E-state index in [0.717, 1.165) is 12.2 Å². The molecule has 1 unspecified atom stereocenters. The zero-order valence-corrected chi connectivity index (χ0v) is 9.42. The van der Waals surface area contributed by atoms with Crippen LogP contribution in [0.2, 0.25) is 0 Å². The van der Waals surface area contributed by atoms with E-state index in [0.29, 0.717) is 5.69 Å². The van der Waals surface area contributed by atoms with E-state index in [2.05, 4.69) is 17.1 Å². The summed E-state index contributed by atoms with van der Waals surface area (Å²) in [6.07, 6.45) is 0. The summed E-state index contributed by atoms with van der Waals surface area (Å²) in [5.74, 6) is -0.307. The van der Waals surface area contributed by atoms with Crippen molar-refractivity contribution in [3.63, 3.8) is 0 Å². The Balaban J connectivity index is 2.64. The van der Waals surface area contributed by atoms with Crippen molar-refractivity contribution in [2.75, 3.05) is 31.7 Å². The molecule has 0 aliphatic carbocycles. The van der Waals surface area contributed by atoms with Crippen LogP contribution in [0.15, 0.2) is 18.2 Å². The highest BCUT2D eigenvalue weighted by molar-refractivity contribution is 5.66. The third-order valence-corrected chi connectivity index (χ3v) is 2.05. The average molecular weight is 211 g/mol. The minimum Gasteiger partial charge on any atom is -0.397 e. The predicted molar refractivity (Wildman–Crippen MR) is 62.5 cm³/mol. The second kappa shape index (κ2) is 4.98. The third kappa shape index (κ3) is 3.75. The molecule has 0 amide bonds. The summed E-state index contributed by atoms with van der Waals surface area (Å²) in [5, 5.41) is 3.24. The van der Waals surface area contributed by atoms with Crippen LogP contribution < -0.4 is 11.1 Å². The van der Waals surface area contributed by atoms with Gasteiger partial charge in [0, 0.05) is 12.6 Å². The van der Waals surface area contributed by atoms with E-state index < -0.39 is 0 Å². The summed E-state index contributed by atoms with van der Waals surface area (Å²) in [6, 6.07) is 4.66.